The van der Waals surface area contributed by atoms with Crippen LogP contribution >= 0.6 is 24.0 Å². The normalized spacial score (nSPS) is 20.4. The van der Waals surface area contributed by atoms with E-state index in [1.165, 1.54) is 0 Å². The summed E-state index contributed by atoms with van der Waals surface area (Å²) in [6.45, 7) is 11.4. The van der Waals surface area contributed by atoms with E-state index in [-0.39, 0.29) is 60.5 Å². The Balaban J connectivity index is 0.00000450. The van der Waals surface area contributed by atoms with Crippen LogP contribution in [0.15, 0.2) is 9.52 Å². The van der Waals surface area contributed by atoms with Crippen LogP contribution in [0, 0.1) is 5.92 Å². The number of amides is 1. The van der Waals surface area contributed by atoms with Gasteiger partial charge in [-0.25, -0.2) is 4.99 Å². The highest BCUT2D eigenvalue weighted by atomic mass is 127. The Morgan fingerprint density at radius 3 is 2.73 bits per heavy atom. The number of guanidine groups is 1. The van der Waals surface area contributed by atoms with Crippen molar-refractivity contribution in [3.8, 4) is 0 Å². The molecule has 0 bridgehead atoms. The van der Waals surface area contributed by atoms with Crippen molar-refractivity contribution in [3.05, 3.63) is 11.7 Å². The lowest BCUT2D eigenvalue weighted by Crippen LogP contribution is -2.47. The molecule has 0 spiro atoms. The second-order valence-corrected chi connectivity index (χ2v) is 7.71. The Morgan fingerprint density at radius 2 is 2.07 bits per heavy atom. The van der Waals surface area contributed by atoms with Crippen molar-refractivity contribution < 1.29 is 14.1 Å². The first-order chi connectivity index (χ1) is 13.9. The van der Waals surface area contributed by atoms with Gasteiger partial charge in [0.1, 0.15) is 12.6 Å². The SMILES string of the molecule is CCNC(=NCc1nc(C(C)OCC)no1)NC1CCCC(C(=O)NC(C)C)C1.I. The van der Waals surface area contributed by atoms with Crippen molar-refractivity contribution in [3.63, 3.8) is 0 Å². The van der Waals surface area contributed by atoms with Gasteiger partial charge < -0.3 is 25.2 Å². The third kappa shape index (κ3) is 8.75. The van der Waals surface area contributed by atoms with Gasteiger partial charge in [-0.15, -0.1) is 24.0 Å². The minimum absolute atomic E-state index is 0. The van der Waals surface area contributed by atoms with Crippen LogP contribution in [0.3, 0.4) is 0 Å². The molecule has 30 heavy (non-hydrogen) atoms. The number of nitrogens with zero attached hydrogens (tertiary/aromatic N) is 3. The summed E-state index contributed by atoms with van der Waals surface area (Å²) in [7, 11) is 0. The maximum atomic E-state index is 12.4. The smallest absolute Gasteiger partial charge is 0.248 e. The molecule has 1 heterocycles. The molecule has 1 amide bonds. The number of hydrogen-bond donors (Lipinski definition) is 3. The minimum atomic E-state index is -0.205. The molecule has 0 aliphatic heterocycles. The zero-order valence-electron chi connectivity index (χ0n) is 18.7. The maximum Gasteiger partial charge on any atom is 0.248 e. The number of rotatable bonds is 9. The topological polar surface area (TPSA) is 114 Å². The van der Waals surface area contributed by atoms with E-state index in [4.69, 9.17) is 9.26 Å². The van der Waals surface area contributed by atoms with Crippen LogP contribution in [0.2, 0.25) is 0 Å². The Hall–Kier alpha value is -1.43. The van der Waals surface area contributed by atoms with Crippen LogP contribution in [-0.2, 0) is 16.1 Å². The molecule has 3 unspecified atom stereocenters. The Morgan fingerprint density at radius 1 is 1.30 bits per heavy atom. The minimum Gasteiger partial charge on any atom is -0.371 e. The highest BCUT2D eigenvalue weighted by Gasteiger charge is 2.28. The predicted molar refractivity (Wildman–Crippen MR) is 127 cm³/mol. The number of aromatic nitrogens is 2. The van der Waals surface area contributed by atoms with Gasteiger partial charge in [0.05, 0.1) is 0 Å². The monoisotopic (exact) mass is 536 g/mol. The highest BCUT2D eigenvalue weighted by Crippen LogP contribution is 2.24. The first-order valence-corrected chi connectivity index (χ1v) is 10.7. The van der Waals surface area contributed by atoms with Crippen LogP contribution in [-0.4, -0.2) is 47.2 Å². The van der Waals surface area contributed by atoms with Crippen molar-refractivity contribution in [2.75, 3.05) is 13.2 Å². The van der Waals surface area contributed by atoms with Gasteiger partial charge in [0.2, 0.25) is 11.8 Å². The summed E-state index contributed by atoms with van der Waals surface area (Å²) in [5.74, 6) is 1.86. The number of ether oxygens (including phenoxy) is 1. The van der Waals surface area contributed by atoms with E-state index >= 15 is 0 Å². The molecule has 1 fully saturated rings. The number of carbonyl (C=O) groups excluding carboxylic acids is 1. The summed E-state index contributed by atoms with van der Waals surface area (Å²) >= 11 is 0. The summed E-state index contributed by atoms with van der Waals surface area (Å²) in [6.07, 6.45) is 3.58. The lowest BCUT2D eigenvalue weighted by Gasteiger charge is -2.30. The molecule has 1 saturated carbocycles. The van der Waals surface area contributed by atoms with Gasteiger partial charge in [-0.2, -0.15) is 4.98 Å². The van der Waals surface area contributed by atoms with Crippen LogP contribution < -0.4 is 16.0 Å². The Labute approximate surface area is 196 Å². The largest absolute Gasteiger partial charge is 0.371 e. The fraction of sp³-hybridized carbons (Fsp3) is 0.800. The molecule has 0 radical (unpaired) electrons. The summed E-state index contributed by atoms with van der Waals surface area (Å²) in [6, 6.07) is 0.375. The molecule has 0 saturated heterocycles. The molecule has 1 aromatic rings. The molecule has 0 aromatic carbocycles. The number of carbonyl (C=O) groups is 1. The van der Waals surface area contributed by atoms with Gasteiger partial charge in [-0.05, 0) is 53.9 Å². The van der Waals surface area contributed by atoms with E-state index in [1.54, 1.807) is 0 Å². The molecule has 10 heteroatoms. The van der Waals surface area contributed by atoms with Crippen LogP contribution in [0.4, 0.5) is 0 Å². The maximum absolute atomic E-state index is 12.4. The fourth-order valence-corrected chi connectivity index (χ4v) is 3.44. The Bertz CT molecular complexity index is 667. The fourth-order valence-electron chi connectivity index (χ4n) is 3.44. The van der Waals surface area contributed by atoms with Gasteiger partial charge in [0, 0.05) is 31.2 Å². The number of halogens is 1. The quantitative estimate of drug-likeness (QED) is 0.253. The second-order valence-electron chi connectivity index (χ2n) is 7.71. The average molecular weight is 536 g/mol. The van der Waals surface area contributed by atoms with Crippen molar-refractivity contribution in [2.45, 2.75) is 85.0 Å². The molecule has 9 nitrogen and oxygen atoms in total. The molecule has 1 aromatic heterocycles. The van der Waals surface area contributed by atoms with E-state index in [0.29, 0.717) is 24.3 Å². The van der Waals surface area contributed by atoms with E-state index < -0.39 is 0 Å². The van der Waals surface area contributed by atoms with Crippen LogP contribution in [0.1, 0.15) is 78.1 Å². The number of nitrogens with one attached hydrogen (secondary N) is 3. The molecular weight excluding hydrogens is 499 g/mol. The van der Waals surface area contributed by atoms with Crippen molar-refractivity contribution in [1.29, 1.82) is 0 Å². The lowest BCUT2D eigenvalue weighted by atomic mass is 9.85. The summed E-state index contributed by atoms with van der Waals surface area (Å²) in [4.78, 5) is 21.3. The van der Waals surface area contributed by atoms with Gasteiger partial charge in [0.15, 0.2) is 11.8 Å². The van der Waals surface area contributed by atoms with Gasteiger partial charge in [-0.1, -0.05) is 11.6 Å². The molecule has 3 atom stereocenters. The van der Waals surface area contributed by atoms with Crippen molar-refractivity contribution >= 4 is 35.8 Å². The highest BCUT2D eigenvalue weighted by molar-refractivity contribution is 14.0. The van der Waals surface area contributed by atoms with E-state index in [1.807, 2.05) is 34.6 Å². The first kappa shape index (κ1) is 26.6. The second kappa shape index (κ2) is 13.8. The molecule has 3 N–H and O–H groups in total. The zero-order valence-corrected chi connectivity index (χ0v) is 21.1. The van der Waals surface area contributed by atoms with E-state index in [2.05, 4.69) is 31.1 Å². The Kier molecular flexibility index (Phi) is 12.2. The molecule has 1 aliphatic rings. The summed E-state index contributed by atoms with van der Waals surface area (Å²) in [5.41, 5.74) is 0. The average Bonchev–Trinajstić information content (AvgIpc) is 3.15. The number of aliphatic imine (C=N–C) groups is 1. The molecule has 172 valence electrons. The van der Waals surface area contributed by atoms with E-state index in [9.17, 15) is 4.79 Å². The third-order valence-electron chi connectivity index (χ3n) is 4.80. The van der Waals surface area contributed by atoms with E-state index in [0.717, 1.165) is 32.2 Å². The predicted octanol–water partition coefficient (Wildman–Crippen LogP) is 2.92. The van der Waals surface area contributed by atoms with Gasteiger partial charge in [0.25, 0.3) is 0 Å². The first-order valence-electron chi connectivity index (χ1n) is 10.7. The lowest BCUT2D eigenvalue weighted by molar-refractivity contribution is -0.126. The number of hydrogen-bond acceptors (Lipinski definition) is 6. The van der Waals surface area contributed by atoms with Crippen molar-refractivity contribution in [2.24, 2.45) is 10.9 Å². The van der Waals surface area contributed by atoms with Crippen LogP contribution in [0.25, 0.3) is 0 Å². The molecule has 2 rings (SSSR count). The zero-order chi connectivity index (χ0) is 21.2. The summed E-state index contributed by atoms with van der Waals surface area (Å²) < 4.78 is 10.8. The van der Waals surface area contributed by atoms with Gasteiger partial charge in [-0.3, -0.25) is 4.79 Å². The van der Waals surface area contributed by atoms with Crippen molar-refractivity contribution in [1.82, 2.24) is 26.1 Å². The van der Waals surface area contributed by atoms with Gasteiger partial charge >= 0.3 is 0 Å². The molecular formula is C20H37IN6O3. The van der Waals surface area contributed by atoms with Crippen LogP contribution in [0.5, 0.6) is 0 Å². The molecule has 1 aliphatic carbocycles. The standard InChI is InChI=1S/C20H36N6O3.HI/c1-6-21-20(22-12-17-25-18(26-29-17)14(5)28-7-2)24-16-10-8-9-15(11-16)19(27)23-13(3)4;/h13-16H,6-12H2,1-5H3,(H,23,27)(H2,21,22,24);1H. The summed E-state index contributed by atoms with van der Waals surface area (Å²) in [5, 5.41) is 13.7. The third-order valence-corrected chi connectivity index (χ3v) is 4.80.